The maximum Gasteiger partial charge on any atom is 0.387 e. The number of hydrogen-bond acceptors (Lipinski definition) is 7. The lowest BCUT2D eigenvalue weighted by atomic mass is 10.2. The normalized spacial score (nSPS) is 10.7. The number of halogens is 3. The van der Waals surface area contributed by atoms with Crippen LogP contribution in [0.3, 0.4) is 0 Å². The summed E-state index contributed by atoms with van der Waals surface area (Å²) < 4.78 is 41.5. The highest BCUT2D eigenvalue weighted by Gasteiger charge is 2.15. The fourth-order valence-electron chi connectivity index (χ4n) is 2.65. The number of nitrogens with zero attached hydrogens (tertiary/aromatic N) is 3. The summed E-state index contributed by atoms with van der Waals surface area (Å²) in [6, 6.07) is 9.20. The standard InChI is InChI=1S/C20H17ClF2N4O6/c1-2-31-18-9-12(3-5-17(18)33-20(22)23)24-19(28)15-7-8-26(25-15)11-32-16-6-4-13(27(29)30)10-14(16)21/h3-10,20H,2,11H2,1H3,(H,24,28). The smallest absolute Gasteiger partial charge is 0.387 e. The zero-order chi connectivity index (χ0) is 24.0. The van der Waals surface area contributed by atoms with Crippen LogP contribution < -0.4 is 19.5 Å². The number of nitro groups is 1. The van der Waals surface area contributed by atoms with Crippen molar-refractivity contribution in [1.82, 2.24) is 9.78 Å². The summed E-state index contributed by atoms with van der Waals surface area (Å²) in [4.78, 5) is 22.7. The Morgan fingerprint density at radius 2 is 1.94 bits per heavy atom. The zero-order valence-corrected chi connectivity index (χ0v) is 17.8. The van der Waals surface area contributed by atoms with E-state index in [1.807, 2.05) is 0 Å². The number of benzene rings is 2. The van der Waals surface area contributed by atoms with E-state index in [-0.39, 0.29) is 52.7 Å². The molecule has 33 heavy (non-hydrogen) atoms. The molecule has 0 aliphatic heterocycles. The Bertz CT molecular complexity index is 1160. The van der Waals surface area contributed by atoms with Crippen LogP contribution in [0.2, 0.25) is 5.02 Å². The molecule has 1 heterocycles. The minimum Gasteiger partial charge on any atom is -0.490 e. The van der Waals surface area contributed by atoms with E-state index in [2.05, 4.69) is 15.2 Å². The van der Waals surface area contributed by atoms with Gasteiger partial charge in [-0.05, 0) is 31.2 Å². The van der Waals surface area contributed by atoms with Crippen LogP contribution >= 0.6 is 11.6 Å². The summed E-state index contributed by atoms with van der Waals surface area (Å²) in [5.41, 5.74) is 0.166. The van der Waals surface area contributed by atoms with Gasteiger partial charge < -0.3 is 19.5 Å². The van der Waals surface area contributed by atoms with Gasteiger partial charge >= 0.3 is 6.61 Å². The zero-order valence-electron chi connectivity index (χ0n) is 17.0. The van der Waals surface area contributed by atoms with Gasteiger partial charge in [0.25, 0.3) is 11.6 Å². The van der Waals surface area contributed by atoms with Gasteiger partial charge in [0.15, 0.2) is 23.9 Å². The molecule has 0 atom stereocenters. The highest BCUT2D eigenvalue weighted by molar-refractivity contribution is 6.32. The number of carbonyl (C=O) groups is 1. The first-order valence-electron chi connectivity index (χ1n) is 9.40. The van der Waals surface area contributed by atoms with Crippen molar-refractivity contribution in [3.8, 4) is 17.2 Å². The number of ether oxygens (including phenoxy) is 3. The van der Waals surface area contributed by atoms with Gasteiger partial charge in [-0.15, -0.1) is 0 Å². The van der Waals surface area contributed by atoms with Gasteiger partial charge in [-0.1, -0.05) is 11.6 Å². The number of non-ortho nitro benzene ring substituents is 1. The number of rotatable bonds is 10. The van der Waals surface area contributed by atoms with E-state index in [1.165, 1.54) is 47.3 Å². The van der Waals surface area contributed by atoms with Gasteiger partial charge in [0, 0.05) is 30.1 Å². The second-order valence-corrected chi connectivity index (χ2v) is 6.72. The number of carbonyl (C=O) groups excluding carboxylic acids is 1. The predicted octanol–water partition coefficient (Wildman–Crippen LogP) is 4.73. The molecular weight excluding hydrogens is 466 g/mol. The summed E-state index contributed by atoms with van der Waals surface area (Å²) in [6.45, 7) is -1.24. The van der Waals surface area contributed by atoms with E-state index in [4.69, 9.17) is 21.1 Å². The summed E-state index contributed by atoms with van der Waals surface area (Å²) in [7, 11) is 0. The Labute approximate surface area is 190 Å². The predicted molar refractivity (Wildman–Crippen MR) is 113 cm³/mol. The van der Waals surface area contributed by atoms with Gasteiger partial charge in [0.05, 0.1) is 16.6 Å². The van der Waals surface area contributed by atoms with Gasteiger partial charge in [0.1, 0.15) is 5.75 Å². The van der Waals surface area contributed by atoms with Crippen molar-refractivity contribution in [2.24, 2.45) is 0 Å². The highest BCUT2D eigenvalue weighted by Crippen LogP contribution is 2.32. The molecule has 0 radical (unpaired) electrons. The van der Waals surface area contributed by atoms with Crippen molar-refractivity contribution < 1.29 is 32.7 Å². The van der Waals surface area contributed by atoms with E-state index >= 15 is 0 Å². The molecule has 0 saturated carbocycles. The fraction of sp³-hybridized carbons (Fsp3) is 0.200. The van der Waals surface area contributed by atoms with E-state index in [1.54, 1.807) is 6.92 Å². The van der Waals surface area contributed by atoms with Crippen molar-refractivity contribution in [2.45, 2.75) is 20.3 Å². The minimum absolute atomic E-state index is 0.0505. The molecule has 13 heteroatoms. The largest absolute Gasteiger partial charge is 0.490 e. The minimum atomic E-state index is -3.02. The van der Waals surface area contributed by atoms with Crippen LogP contribution in [-0.4, -0.2) is 33.8 Å². The molecule has 0 unspecified atom stereocenters. The number of hydrogen-bond donors (Lipinski definition) is 1. The molecule has 174 valence electrons. The van der Waals surface area contributed by atoms with Crippen molar-refractivity contribution in [3.63, 3.8) is 0 Å². The molecule has 1 N–H and O–H groups in total. The highest BCUT2D eigenvalue weighted by atomic mass is 35.5. The Hall–Kier alpha value is -3.93. The molecule has 3 aromatic rings. The van der Waals surface area contributed by atoms with Crippen LogP contribution in [0.25, 0.3) is 0 Å². The lowest BCUT2D eigenvalue weighted by molar-refractivity contribution is -0.384. The van der Waals surface area contributed by atoms with Crippen molar-refractivity contribution in [2.75, 3.05) is 11.9 Å². The van der Waals surface area contributed by atoms with E-state index < -0.39 is 17.4 Å². The lowest BCUT2D eigenvalue weighted by Gasteiger charge is -2.13. The average molecular weight is 483 g/mol. The van der Waals surface area contributed by atoms with Crippen molar-refractivity contribution in [1.29, 1.82) is 0 Å². The maximum atomic E-state index is 12.5. The monoisotopic (exact) mass is 482 g/mol. The molecule has 0 saturated heterocycles. The molecule has 0 aliphatic rings. The molecule has 10 nitrogen and oxygen atoms in total. The fourth-order valence-corrected chi connectivity index (χ4v) is 2.88. The Kier molecular flexibility index (Phi) is 7.61. The quantitative estimate of drug-likeness (QED) is 0.327. The molecule has 0 bridgehead atoms. The molecule has 1 amide bonds. The second-order valence-electron chi connectivity index (χ2n) is 6.31. The second kappa shape index (κ2) is 10.6. The molecule has 1 aromatic heterocycles. The van der Waals surface area contributed by atoms with Crippen molar-refractivity contribution in [3.05, 3.63) is 69.5 Å². The number of amides is 1. The van der Waals surface area contributed by atoms with E-state index in [9.17, 15) is 23.7 Å². The lowest BCUT2D eigenvalue weighted by Crippen LogP contribution is -2.14. The number of nitrogens with one attached hydrogen (secondary N) is 1. The summed E-state index contributed by atoms with van der Waals surface area (Å²) >= 11 is 5.98. The van der Waals surface area contributed by atoms with Gasteiger partial charge in [-0.2, -0.15) is 13.9 Å². The van der Waals surface area contributed by atoms with Gasteiger partial charge in [-0.3, -0.25) is 14.9 Å². The third-order valence-electron chi connectivity index (χ3n) is 4.07. The number of anilines is 1. The molecular formula is C20H17ClF2N4O6. The molecule has 2 aromatic carbocycles. The van der Waals surface area contributed by atoms with Crippen LogP contribution in [-0.2, 0) is 6.73 Å². The number of nitro benzene ring substituents is 1. The summed E-state index contributed by atoms with van der Waals surface area (Å²) in [5.74, 6) is -0.462. The first kappa shape index (κ1) is 23.7. The molecule has 0 aliphatic carbocycles. The number of alkyl halides is 2. The Balaban J connectivity index is 1.64. The molecule has 3 rings (SSSR count). The summed E-state index contributed by atoms with van der Waals surface area (Å²) in [5, 5.41) is 17.5. The third-order valence-corrected chi connectivity index (χ3v) is 4.36. The number of aromatic nitrogens is 2. The summed E-state index contributed by atoms with van der Waals surface area (Å²) in [6.07, 6.45) is 1.49. The third kappa shape index (κ3) is 6.29. The first-order valence-corrected chi connectivity index (χ1v) is 9.77. The maximum absolute atomic E-state index is 12.5. The molecule has 0 fully saturated rings. The Morgan fingerprint density at radius 1 is 1.18 bits per heavy atom. The van der Waals surface area contributed by atoms with E-state index in [0.29, 0.717) is 0 Å². The first-order chi connectivity index (χ1) is 15.8. The van der Waals surface area contributed by atoms with Crippen LogP contribution in [0.5, 0.6) is 17.2 Å². The van der Waals surface area contributed by atoms with Crippen LogP contribution in [0.4, 0.5) is 20.2 Å². The Morgan fingerprint density at radius 3 is 2.61 bits per heavy atom. The molecule has 0 spiro atoms. The van der Waals surface area contributed by atoms with Gasteiger partial charge in [0.2, 0.25) is 0 Å². The van der Waals surface area contributed by atoms with Crippen LogP contribution in [0.1, 0.15) is 17.4 Å². The van der Waals surface area contributed by atoms with Crippen LogP contribution in [0, 0.1) is 10.1 Å². The van der Waals surface area contributed by atoms with Gasteiger partial charge in [-0.25, -0.2) is 4.68 Å². The SMILES string of the molecule is CCOc1cc(NC(=O)c2ccn(COc3ccc([N+](=O)[O-])cc3Cl)n2)ccc1OC(F)F. The van der Waals surface area contributed by atoms with Crippen molar-refractivity contribution >= 4 is 28.9 Å². The average Bonchev–Trinajstić information content (AvgIpc) is 3.24. The van der Waals surface area contributed by atoms with E-state index in [0.717, 1.165) is 6.07 Å². The van der Waals surface area contributed by atoms with Crippen LogP contribution in [0.15, 0.2) is 48.7 Å². The topological polar surface area (TPSA) is 118 Å².